The summed E-state index contributed by atoms with van der Waals surface area (Å²) in [6.07, 6.45) is 7.54. The number of allylic oxidation sites excluding steroid dienone is 1. The molecule has 0 saturated carbocycles. The molecule has 0 unspecified atom stereocenters. The van der Waals surface area contributed by atoms with Crippen molar-refractivity contribution in [2.75, 3.05) is 13.2 Å². The van der Waals surface area contributed by atoms with Crippen LogP contribution in [0.4, 0.5) is 0 Å². The van der Waals surface area contributed by atoms with Gasteiger partial charge in [-0.1, -0.05) is 38.3 Å². The summed E-state index contributed by atoms with van der Waals surface area (Å²) in [5.74, 6) is -0.825. The van der Waals surface area contributed by atoms with Crippen LogP contribution in [0.3, 0.4) is 0 Å². The molecule has 0 bridgehead atoms. The lowest BCUT2D eigenvalue weighted by Gasteiger charge is -2.07. The summed E-state index contributed by atoms with van der Waals surface area (Å²) in [6.45, 7) is 6.50. The minimum atomic E-state index is -0.424. The predicted molar refractivity (Wildman–Crippen MR) is 90.6 cm³/mol. The molecule has 0 radical (unpaired) electrons. The Balaban J connectivity index is 2.46. The van der Waals surface area contributed by atoms with Crippen LogP contribution in [0.15, 0.2) is 36.9 Å². The largest absolute Gasteiger partial charge is 0.462 e. The van der Waals surface area contributed by atoms with Gasteiger partial charge < -0.3 is 9.47 Å². The lowest BCUT2D eigenvalue weighted by molar-refractivity contribution is 0.0497. The van der Waals surface area contributed by atoms with E-state index in [1.54, 1.807) is 24.3 Å². The lowest BCUT2D eigenvalue weighted by Crippen LogP contribution is -2.10. The predicted octanol–water partition coefficient (Wildman–Crippen LogP) is 4.55. The molecule has 0 saturated heterocycles. The molecule has 4 heteroatoms. The van der Waals surface area contributed by atoms with Gasteiger partial charge in [-0.3, -0.25) is 0 Å². The molecule has 0 aromatic heterocycles. The summed E-state index contributed by atoms with van der Waals surface area (Å²) in [5.41, 5.74) is 0.741. The van der Waals surface area contributed by atoms with Crippen LogP contribution >= 0.6 is 0 Å². The van der Waals surface area contributed by atoms with Gasteiger partial charge in [-0.2, -0.15) is 0 Å². The van der Waals surface area contributed by atoms with Crippen LogP contribution in [0, 0.1) is 0 Å². The zero-order chi connectivity index (χ0) is 16.9. The van der Waals surface area contributed by atoms with Crippen LogP contribution < -0.4 is 0 Å². The minimum Gasteiger partial charge on any atom is -0.462 e. The molecule has 0 amide bonds. The summed E-state index contributed by atoms with van der Waals surface area (Å²) in [6, 6.07) is 6.45. The third kappa shape index (κ3) is 7.63. The number of ether oxygens (including phenoxy) is 2. The smallest absolute Gasteiger partial charge is 0.338 e. The zero-order valence-corrected chi connectivity index (χ0v) is 13.9. The van der Waals surface area contributed by atoms with E-state index < -0.39 is 11.9 Å². The maximum absolute atomic E-state index is 12.0. The first-order valence-corrected chi connectivity index (χ1v) is 8.24. The van der Waals surface area contributed by atoms with Crippen LogP contribution in [-0.2, 0) is 9.47 Å². The van der Waals surface area contributed by atoms with Crippen molar-refractivity contribution in [3.63, 3.8) is 0 Å². The molecule has 1 aromatic carbocycles. The van der Waals surface area contributed by atoms with Crippen molar-refractivity contribution < 1.29 is 19.1 Å². The average molecular weight is 318 g/mol. The van der Waals surface area contributed by atoms with Crippen LogP contribution in [0.2, 0.25) is 0 Å². The molecule has 0 fully saturated rings. The van der Waals surface area contributed by atoms with Crippen molar-refractivity contribution in [2.24, 2.45) is 0 Å². The number of hydrogen-bond donors (Lipinski definition) is 0. The topological polar surface area (TPSA) is 52.6 Å². The summed E-state index contributed by atoms with van der Waals surface area (Å²) >= 11 is 0. The summed E-state index contributed by atoms with van der Waals surface area (Å²) < 4.78 is 10.4. The van der Waals surface area contributed by atoms with E-state index in [-0.39, 0.29) is 0 Å². The van der Waals surface area contributed by atoms with E-state index >= 15 is 0 Å². The highest BCUT2D eigenvalue weighted by Crippen LogP contribution is 2.10. The molecule has 0 spiro atoms. The van der Waals surface area contributed by atoms with Gasteiger partial charge in [-0.05, 0) is 37.5 Å². The molecule has 0 aliphatic carbocycles. The van der Waals surface area contributed by atoms with Crippen molar-refractivity contribution in [2.45, 2.75) is 45.4 Å². The van der Waals surface area contributed by atoms with Crippen LogP contribution in [0.1, 0.15) is 66.2 Å². The Labute approximate surface area is 138 Å². The molecule has 23 heavy (non-hydrogen) atoms. The normalized spacial score (nSPS) is 10.1. The zero-order valence-electron chi connectivity index (χ0n) is 13.9. The van der Waals surface area contributed by atoms with Crippen molar-refractivity contribution in [1.82, 2.24) is 0 Å². The Bertz CT molecular complexity index is 508. The SMILES string of the molecule is C=CCCCOC(=O)c1cccc(C(=O)OCCCCCC)c1. The van der Waals surface area contributed by atoms with E-state index in [9.17, 15) is 9.59 Å². The van der Waals surface area contributed by atoms with Crippen molar-refractivity contribution >= 4 is 11.9 Å². The number of hydrogen-bond acceptors (Lipinski definition) is 4. The van der Waals surface area contributed by atoms with E-state index in [0.29, 0.717) is 24.3 Å². The van der Waals surface area contributed by atoms with Gasteiger partial charge in [0.05, 0.1) is 24.3 Å². The second kappa shape index (κ2) is 11.5. The first kappa shape index (κ1) is 18.9. The third-order valence-electron chi connectivity index (χ3n) is 3.35. The second-order valence-electron chi connectivity index (χ2n) is 5.34. The number of esters is 2. The Morgan fingerprint density at radius 2 is 1.61 bits per heavy atom. The first-order valence-electron chi connectivity index (χ1n) is 8.24. The van der Waals surface area contributed by atoms with Gasteiger partial charge in [0.2, 0.25) is 0 Å². The molecule has 1 aromatic rings. The van der Waals surface area contributed by atoms with Crippen molar-refractivity contribution in [3.05, 3.63) is 48.0 Å². The molecule has 4 nitrogen and oxygen atoms in total. The highest BCUT2D eigenvalue weighted by molar-refractivity contribution is 5.95. The maximum atomic E-state index is 12.0. The van der Waals surface area contributed by atoms with E-state index in [1.807, 2.05) is 0 Å². The van der Waals surface area contributed by atoms with E-state index in [4.69, 9.17) is 9.47 Å². The fourth-order valence-corrected chi connectivity index (χ4v) is 2.03. The van der Waals surface area contributed by atoms with E-state index in [1.165, 1.54) is 6.07 Å². The molecule has 0 aliphatic rings. The second-order valence-corrected chi connectivity index (χ2v) is 5.34. The van der Waals surface area contributed by atoms with Gasteiger partial charge in [0.25, 0.3) is 0 Å². The first-order chi connectivity index (χ1) is 11.2. The highest BCUT2D eigenvalue weighted by Gasteiger charge is 2.12. The molecule has 126 valence electrons. The van der Waals surface area contributed by atoms with Crippen molar-refractivity contribution in [1.29, 1.82) is 0 Å². The molecule has 0 heterocycles. The lowest BCUT2D eigenvalue weighted by atomic mass is 10.1. The monoisotopic (exact) mass is 318 g/mol. The summed E-state index contributed by atoms with van der Waals surface area (Å²) in [7, 11) is 0. The number of benzene rings is 1. The average Bonchev–Trinajstić information content (AvgIpc) is 2.58. The number of carbonyl (C=O) groups excluding carboxylic acids is 2. The molecule has 0 N–H and O–H groups in total. The standard InChI is InChI=1S/C19H26O4/c1-3-5-7-9-14-23-19(21)17-12-10-11-16(15-17)18(20)22-13-8-6-4-2/h4,10-12,15H,2-3,5-9,13-14H2,1H3. The fourth-order valence-electron chi connectivity index (χ4n) is 2.03. The third-order valence-corrected chi connectivity index (χ3v) is 3.35. The Hall–Kier alpha value is -2.10. The van der Waals surface area contributed by atoms with Gasteiger partial charge in [-0.15, -0.1) is 6.58 Å². The van der Waals surface area contributed by atoms with Crippen LogP contribution in [0.5, 0.6) is 0 Å². The number of unbranched alkanes of at least 4 members (excludes halogenated alkanes) is 4. The van der Waals surface area contributed by atoms with Crippen molar-refractivity contribution in [3.8, 4) is 0 Å². The van der Waals surface area contributed by atoms with Gasteiger partial charge >= 0.3 is 11.9 Å². The summed E-state index contributed by atoms with van der Waals surface area (Å²) in [5, 5.41) is 0. The summed E-state index contributed by atoms with van der Waals surface area (Å²) in [4.78, 5) is 23.9. The molecular formula is C19H26O4. The highest BCUT2D eigenvalue weighted by atomic mass is 16.5. The van der Waals surface area contributed by atoms with Gasteiger partial charge in [0.1, 0.15) is 0 Å². The minimum absolute atomic E-state index is 0.344. The van der Waals surface area contributed by atoms with Crippen LogP contribution in [-0.4, -0.2) is 25.2 Å². The maximum Gasteiger partial charge on any atom is 0.338 e. The van der Waals surface area contributed by atoms with E-state index in [2.05, 4.69) is 13.5 Å². The van der Waals surface area contributed by atoms with E-state index in [0.717, 1.165) is 38.5 Å². The van der Waals surface area contributed by atoms with Gasteiger partial charge in [0, 0.05) is 0 Å². The molecular weight excluding hydrogens is 292 g/mol. The van der Waals surface area contributed by atoms with Gasteiger partial charge in [0.15, 0.2) is 0 Å². The quantitative estimate of drug-likeness (QED) is 0.341. The number of rotatable bonds is 11. The number of carbonyl (C=O) groups is 2. The molecule has 0 atom stereocenters. The Kier molecular flexibility index (Phi) is 9.45. The molecule has 0 aliphatic heterocycles. The van der Waals surface area contributed by atoms with Crippen LogP contribution in [0.25, 0.3) is 0 Å². The van der Waals surface area contributed by atoms with Gasteiger partial charge in [-0.25, -0.2) is 9.59 Å². The Morgan fingerprint density at radius 3 is 2.17 bits per heavy atom. The Morgan fingerprint density at radius 1 is 1.00 bits per heavy atom. The molecule has 1 rings (SSSR count). The fraction of sp³-hybridized carbons (Fsp3) is 0.474.